The number of hydrogen-bond acceptors (Lipinski definition) is 4. The summed E-state index contributed by atoms with van der Waals surface area (Å²) < 4.78 is 22.2. The molecule has 0 saturated carbocycles. The standard InChI is InChI=1S/C28H25FN4O/c1-18(14-30)28-22-10-8-19(12-20(22)17-34-26-13-21(29)9-11-23(26)28)15-33-25-7-5-4-6-24(25)31-27(33)16-32(2)3/h4-13H,15-17H2,1-3H3/b28-18+. The average Bonchev–Trinajstić information content (AvgIpc) is 3.06. The summed E-state index contributed by atoms with van der Waals surface area (Å²) in [7, 11) is 4.07. The quantitative estimate of drug-likeness (QED) is 0.383. The zero-order chi connectivity index (χ0) is 23.8. The van der Waals surface area contributed by atoms with E-state index in [9.17, 15) is 9.65 Å². The summed E-state index contributed by atoms with van der Waals surface area (Å²) in [4.78, 5) is 6.96. The number of fused-ring (bicyclic) bond motifs is 3. The molecule has 0 fully saturated rings. The predicted molar refractivity (Wildman–Crippen MR) is 131 cm³/mol. The lowest BCUT2D eigenvalue weighted by atomic mass is 9.90. The van der Waals surface area contributed by atoms with Crippen molar-refractivity contribution in [3.05, 3.63) is 100 Å². The minimum atomic E-state index is -0.361. The number of allylic oxidation sites excluding steroid dienone is 1. The van der Waals surface area contributed by atoms with Crippen molar-refractivity contribution in [2.45, 2.75) is 26.6 Å². The number of nitriles is 1. The molecule has 1 aromatic heterocycles. The Morgan fingerprint density at radius 3 is 2.71 bits per heavy atom. The smallest absolute Gasteiger partial charge is 0.130 e. The molecule has 1 aliphatic rings. The van der Waals surface area contributed by atoms with E-state index in [2.05, 4.69) is 33.7 Å². The van der Waals surface area contributed by atoms with Gasteiger partial charge in [-0.25, -0.2) is 9.37 Å². The zero-order valence-electron chi connectivity index (χ0n) is 19.5. The van der Waals surface area contributed by atoms with Gasteiger partial charge in [0.2, 0.25) is 0 Å². The van der Waals surface area contributed by atoms with E-state index >= 15 is 0 Å². The van der Waals surface area contributed by atoms with E-state index < -0.39 is 0 Å². The summed E-state index contributed by atoms with van der Waals surface area (Å²) in [6, 6.07) is 21.2. The van der Waals surface area contributed by atoms with Crippen LogP contribution in [0.5, 0.6) is 5.75 Å². The van der Waals surface area contributed by atoms with Gasteiger partial charge in [0.05, 0.1) is 23.6 Å². The fourth-order valence-corrected chi connectivity index (χ4v) is 4.58. The van der Waals surface area contributed by atoms with Gasteiger partial charge in [-0.2, -0.15) is 5.26 Å². The van der Waals surface area contributed by atoms with Crippen molar-refractivity contribution in [2.75, 3.05) is 14.1 Å². The number of aromatic nitrogens is 2. The molecule has 170 valence electrons. The van der Waals surface area contributed by atoms with Gasteiger partial charge in [-0.3, -0.25) is 0 Å². The predicted octanol–water partition coefficient (Wildman–Crippen LogP) is 5.52. The van der Waals surface area contributed by atoms with Crippen LogP contribution < -0.4 is 4.74 Å². The van der Waals surface area contributed by atoms with Crippen LogP contribution in [0, 0.1) is 17.1 Å². The lowest BCUT2D eigenvalue weighted by Gasteiger charge is -2.15. The number of hydrogen-bond donors (Lipinski definition) is 0. The number of imidazole rings is 1. The average molecular weight is 453 g/mol. The van der Waals surface area contributed by atoms with Gasteiger partial charge in [0.15, 0.2) is 0 Å². The summed E-state index contributed by atoms with van der Waals surface area (Å²) in [6.07, 6.45) is 0. The van der Waals surface area contributed by atoms with Crippen LogP contribution in [0.4, 0.5) is 4.39 Å². The van der Waals surface area contributed by atoms with Gasteiger partial charge in [0, 0.05) is 29.3 Å². The zero-order valence-corrected chi connectivity index (χ0v) is 19.5. The van der Waals surface area contributed by atoms with E-state index in [0.29, 0.717) is 24.5 Å². The lowest BCUT2D eigenvalue weighted by Crippen LogP contribution is -2.16. The minimum Gasteiger partial charge on any atom is -0.488 e. The normalized spacial score (nSPS) is 14.2. The molecular formula is C28H25FN4O. The van der Waals surface area contributed by atoms with E-state index in [0.717, 1.165) is 51.2 Å². The van der Waals surface area contributed by atoms with E-state index in [1.807, 2.05) is 38.4 Å². The summed E-state index contributed by atoms with van der Waals surface area (Å²) in [5, 5.41) is 9.68. The Kier molecular flexibility index (Phi) is 5.64. The van der Waals surface area contributed by atoms with Crippen LogP contribution in [-0.4, -0.2) is 28.5 Å². The lowest BCUT2D eigenvalue weighted by molar-refractivity contribution is 0.305. The molecule has 5 rings (SSSR count). The van der Waals surface area contributed by atoms with E-state index in [-0.39, 0.29) is 5.82 Å². The van der Waals surface area contributed by atoms with Gasteiger partial charge >= 0.3 is 0 Å². The molecule has 3 aromatic carbocycles. The van der Waals surface area contributed by atoms with Crippen LogP contribution in [0.25, 0.3) is 16.6 Å². The maximum Gasteiger partial charge on any atom is 0.130 e. The number of benzene rings is 3. The van der Waals surface area contributed by atoms with Crippen molar-refractivity contribution < 1.29 is 9.13 Å². The number of nitrogens with zero attached hydrogens (tertiary/aromatic N) is 4. The number of ether oxygens (including phenoxy) is 1. The van der Waals surface area contributed by atoms with Gasteiger partial charge < -0.3 is 14.2 Å². The summed E-state index contributed by atoms with van der Waals surface area (Å²) in [5.41, 5.74) is 7.19. The Labute approximate surface area is 198 Å². The second kappa shape index (κ2) is 8.77. The Bertz CT molecular complexity index is 1480. The van der Waals surface area contributed by atoms with Crippen LogP contribution >= 0.6 is 0 Å². The molecule has 0 atom stereocenters. The third kappa shape index (κ3) is 3.95. The van der Waals surface area contributed by atoms with Crippen LogP contribution in [0.3, 0.4) is 0 Å². The van der Waals surface area contributed by atoms with E-state index in [1.54, 1.807) is 13.0 Å². The van der Waals surface area contributed by atoms with Crippen molar-refractivity contribution in [3.63, 3.8) is 0 Å². The molecule has 4 aromatic rings. The Morgan fingerprint density at radius 1 is 1.12 bits per heavy atom. The molecule has 0 bridgehead atoms. The largest absolute Gasteiger partial charge is 0.488 e. The van der Waals surface area contributed by atoms with Crippen molar-refractivity contribution in [1.29, 1.82) is 5.26 Å². The van der Waals surface area contributed by atoms with E-state index in [4.69, 9.17) is 9.72 Å². The van der Waals surface area contributed by atoms with Crippen LogP contribution in [0.2, 0.25) is 0 Å². The first-order valence-electron chi connectivity index (χ1n) is 11.2. The maximum atomic E-state index is 13.9. The fraction of sp³-hybridized carbons (Fsp3) is 0.214. The number of para-hydroxylation sites is 2. The highest BCUT2D eigenvalue weighted by molar-refractivity contribution is 5.88. The monoisotopic (exact) mass is 452 g/mol. The van der Waals surface area contributed by atoms with Gasteiger partial charge in [-0.15, -0.1) is 0 Å². The highest BCUT2D eigenvalue weighted by Gasteiger charge is 2.22. The van der Waals surface area contributed by atoms with Gasteiger partial charge in [0.1, 0.15) is 24.0 Å². The molecule has 6 heteroatoms. The minimum absolute atomic E-state index is 0.303. The number of halogens is 1. The molecule has 0 saturated heterocycles. The van der Waals surface area contributed by atoms with Crippen molar-refractivity contribution in [3.8, 4) is 11.8 Å². The first kappa shape index (κ1) is 21.9. The third-order valence-electron chi connectivity index (χ3n) is 6.11. The summed E-state index contributed by atoms with van der Waals surface area (Å²) >= 11 is 0. The van der Waals surface area contributed by atoms with Crippen LogP contribution in [-0.2, 0) is 19.7 Å². The van der Waals surface area contributed by atoms with Crippen molar-refractivity contribution >= 4 is 16.6 Å². The second-order valence-corrected chi connectivity index (χ2v) is 8.87. The molecule has 0 spiro atoms. The Hall–Kier alpha value is -3.95. The van der Waals surface area contributed by atoms with E-state index in [1.165, 1.54) is 12.1 Å². The highest BCUT2D eigenvalue weighted by atomic mass is 19.1. The van der Waals surface area contributed by atoms with Crippen molar-refractivity contribution in [1.82, 2.24) is 14.5 Å². The fourth-order valence-electron chi connectivity index (χ4n) is 4.58. The van der Waals surface area contributed by atoms with Gasteiger partial charge in [0.25, 0.3) is 0 Å². The third-order valence-corrected chi connectivity index (χ3v) is 6.11. The molecule has 5 nitrogen and oxygen atoms in total. The second-order valence-electron chi connectivity index (χ2n) is 8.87. The van der Waals surface area contributed by atoms with Gasteiger partial charge in [-0.05, 0) is 68.0 Å². The topological polar surface area (TPSA) is 54.1 Å². The molecule has 0 N–H and O–H groups in total. The Morgan fingerprint density at radius 2 is 1.91 bits per heavy atom. The molecule has 34 heavy (non-hydrogen) atoms. The van der Waals surface area contributed by atoms with Crippen LogP contribution in [0.15, 0.2) is 66.2 Å². The summed E-state index contributed by atoms with van der Waals surface area (Å²) in [6.45, 7) is 3.49. The molecule has 0 amide bonds. The highest BCUT2D eigenvalue weighted by Crippen LogP contribution is 2.39. The molecular weight excluding hydrogens is 427 g/mol. The molecule has 0 aliphatic carbocycles. The number of rotatable bonds is 4. The molecule has 1 aliphatic heterocycles. The SMILES string of the molecule is C/C(C#N)=C1/c2ccc(Cn3c(CN(C)C)nc4ccccc43)cc2COc2cc(F)ccc21. The first-order valence-corrected chi connectivity index (χ1v) is 11.2. The Balaban J connectivity index is 1.59. The maximum absolute atomic E-state index is 13.9. The molecule has 0 unspecified atom stereocenters. The van der Waals surface area contributed by atoms with Crippen molar-refractivity contribution in [2.24, 2.45) is 0 Å². The molecule has 0 radical (unpaired) electrons. The molecule has 2 heterocycles. The summed E-state index contributed by atoms with van der Waals surface area (Å²) in [5.74, 6) is 1.09. The first-order chi connectivity index (χ1) is 16.4. The van der Waals surface area contributed by atoms with Crippen LogP contribution in [0.1, 0.15) is 35.0 Å². The van der Waals surface area contributed by atoms with Gasteiger partial charge in [-0.1, -0.05) is 24.3 Å².